The number of nitrogens with zero attached hydrogens (tertiary/aromatic N) is 2. The summed E-state index contributed by atoms with van der Waals surface area (Å²) in [4.78, 5) is 33.3. The fourth-order valence-electron chi connectivity index (χ4n) is 1.78. The van der Waals surface area contributed by atoms with Crippen LogP contribution in [-0.2, 0) is 9.59 Å². The largest absolute Gasteiger partial charge is 0.502 e. The van der Waals surface area contributed by atoms with Crippen LogP contribution >= 0.6 is 15.9 Å². The average molecular weight is 425 g/mol. The van der Waals surface area contributed by atoms with Gasteiger partial charge in [0, 0.05) is 21.8 Å². The van der Waals surface area contributed by atoms with Crippen LogP contribution in [0.25, 0.3) is 0 Å². The number of carbonyl (C=O) groups is 2. The molecule has 11 heteroatoms. The van der Waals surface area contributed by atoms with Gasteiger partial charge in [0.15, 0.2) is 0 Å². The van der Waals surface area contributed by atoms with Crippen LogP contribution in [0, 0.1) is 15.9 Å². The maximum Gasteiger partial charge on any atom is 0.329 e. The lowest BCUT2D eigenvalue weighted by Crippen LogP contribution is -2.32. The van der Waals surface area contributed by atoms with Crippen LogP contribution in [0.2, 0.25) is 0 Å². The molecule has 0 heterocycles. The van der Waals surface area contributed by atoms with Crippen molar-refractivity contribution < 1.29 is 24.0 Å². The minimum absolute atomic E-state index is 0.0506. The Morgan fingerprint density at radius 3 is 2.50 bits per heavy atom. The number of rotatable bonds is 4. The third-order valence-corrected chi connectivity index (χ3v) is 3.42. The maximum atomic E-state index is 12.8. The first-order chi connectivity index (χ1) is 12.3. The summed E-state index contributed by atoms with van der Waals surface area (Å²) >= 11 is 3.05. The Morgan fingerprint density at radius 2 is 1.88 bits per heavy atom. The van der Waals surface area contributed by atoms with Crippen LogP contribution in [0.5, 0.6) is 5.75 Å². The second-order valence-electron chi connectivity index (χ2n) is 4.78. The van der Waals surface area contributed by atoms with Crippen molar-refractivity contribution in [1.82, 2.24) is 5.43 Å². The van der Waals surface area contributed by atoms with Crippen molar-refractivity contribution in [1.29, 1.82) is 0 Å². The summed E-state index contributed by atoms with van der Waals surface area (Å²) in [6.45, 7) is 0. The van der Waals surface area contributed by atoms with E-state index in [0.29, 0.717) is 4.47 Å². The van der Waals surface area contributed by atoms with E-state index < -0.39 is 34.0 Å². The maximum absolute atomic E-state index is 12.8. The molecular formula is C15H10BrFN4O5. The lowest BCUT2D eigenvalue weighted by molar-refractivity contribution is -0.385. The SMILES string of the molecule is O=C(NN=Cc1cc(Br)cc([N+](=O)[O-])c1O)C(=O)Nc1ccc(F)cc1. The van der Waals surface area contributed by atoms with Crippen LogP contribution in [0.4, 0.5) is 15.8 Å². The number of benzene rings is 2. The molecule has 0 aromatic heterocycles. The van der Waals surface area contributed by atoms with E-state index in [4.69, 9.17) is 0 Å². The van der Waals surface area contributed by atoms with Crippen molar-refractivity contribution in [3.8, 4) is 5.75 Å². The van der Waals surface area contributed by atoms with Gasteiger partial charge in [0.1, 0.15) is 5.82 Å². The summed E-state index contributed by atoms with van der Waals surface area (Å²) in [5.41, 5.74) is 1.51. The van der Waals surface area contributed by atoms with Crippen LogP contribution in [0.3, 0.4) is 0 Å². The molecule has 0 saturated heterocycles. The summed E-state index contributed by atoms with van der Waals surface area (Å²) in [5.74, 6) is -3.33. The number of hydrogen-bond acceptors (Lipinski definition) is 6. The van der Waals surface area contributed by atoms with Gasteiger partial charge in [-0.05, 0) is 30.3 Å². The zero-order chi connectivity index (χ0) is 19.3. The molecule has 3 N–H and O–H groups in total. The van der Waals surface area contributed by atoms with E-state index >= 15 is 0 Å². The van der Waals surface area contributed by atoms with Crippen molar-refractivity contribution in [2.24, 2.45) is 5.10 Å². The van der Waals surface area contributed by atoms with Gasteiger partial charge >= 0.3 is 17.5 Å². The van der Waals surface area contributed by atoms with Crippen LogP contribution < -0.4 is 10.7 Å². The van der Waals surface area contributed by atoms with Gasteiger partial charge in [-0.15, -0.1) is 0 Å². The van der Waals surface area contributed by atoms with Crippen LogP contribution in [0.15, 0.2) is 46.0 Å². The zero-order valence-corrected chi connectivity index (χ0v) is 14.4. The van der Waals surface area contributed by atoms with Crippen molar-refractivity contribution in [2.75, 3.05) is 5.32 Å². The second-order valence-corrected chi connectivity index (χ2v) is 5.70. The number of phenols is 1. The van der Waals surface area contributed by atoms with Gasteiger partial charge < -0.3 is 10.4 Å². The molecule has 2 rings (SSSR count). The Kier molecular flexibility index (Phi) is 5.96. The molecule has 0 bridgehead atoms. The highest BCUT2D eigenvalue weighted by molar-refractivity contribution is 9.10. The molecule has 0 saturated carbocycles. The fraction of sp³-hybridized carbons (Fsp3) is 0. The Hall–Kier alpha value is -3.34. The Balaban J connectivity index is 2.03. The molecule has 0 fully saturated rings. The first-order valence-electron chi connectivity index (χ1n) is 6.85. The lowest BCUT2D eigenvalue weighted by atomic mass is 10.2. The highest BCUT2D eigenvalue weighted by atomic mass is 79.9. The Bertz CT molecular complexity index is 902. The van der Waals surface area contributed by atoms with E-state index in [1.165, 1.54) is 18.2 Å². The van der Waals surface area contributed by atoms with Gasteiger partial charge in [-0.25, -0.2) is 9.82 Å². The molecule has 2 aromatic carbocycles. The monoisotopic (exact) mass is 424 g/mol. The predicted octanol–water partition coefficient (Wildman–Crippen LogP) is 2.29. The molecule has 26 heavy (non-hydrogen) atoms. The zero-order valence-electron chi connectivity index (χ0n) is 12.8. The van der Waals surface area contributed by atoms with Crippen LogP contribution in [0.1, 0.15) is 5.56 Å². The molecule has 134 valence electrons. The molecule has 0 aliphatic heterocycles. The van der Waals surface area contributed by atoms with Gasteiger partial charge in [0.05, 0.1) is 11.1 Å². The van der Waals surface area contributed by atoms with E-state index in [-0.39, 0.29) is 11.3 Å². The van der Waals surface area contributed by atoms with Gasteiger partial charge in [-0.2, -0.15) is 5.10 Å². The number of halogens is 2. The number of amides is 2. The van der Waals surface area contributed by atoms with Gasteiger partial charge in [-0.3, -0.25) is 19.7 Å². The number of hydrogen-bond donors (Lipinski definition) is 3. The molecular weight excluding hydrogens is 415 g/mol. The third kappa shape index (κ3) is 4.83. The Morgan fingerprint density at radius 1 is 1.23 bits per heavy atom. The first kappa shape index (κ1) is 19.0. The molecule has 0 atom stereocenters. The van der Waals surface area contributed by atoms with E-state index in [1.807, 2.05) is 5.43 Å². The number of anilines is 1. The topological polar surface area (TPSA) is 134 Å². The average Bonchev–Trinajstić information content (AvgIpc) is 2.59. The summed E-state index contributed by atoms with van der Waals surface area (Å²) in [6.07, 6.45) is 0.941. The summed E-state index contributed by atoms with van der Waals surface area (Å²) in [6, 6.07) is 7.17. The normalized spacial score (nSPS) is 10.5. The number of aromatic hydroxyl groups is 1. The molecule has 2 amide bonds. The highest BCUT2D eigenvalue weighted by Gasteiger charge is 2.18. The highest BCUT2D eigenvalue weighted by Crippen LogP contribution is 2.32. The molecule has 0 spiro atoms. The lowest BCUT2D eigenvalue weighted by Gasteiger charge is -2.04. The van der Waals surface area contributed by atoms with Crippen molar-refractivity contribution in [3.05, 3.63) is 62.4 Å². The van der Waals surface area contributed by atoms with Crippen molar-refractivity contribution in [3.63, 3.8) is 0 Å². The van der Waals surface area contributed by atoms with Gasteiger partial charge in [-0.1, -0.05) is 15.9 Å². The van der Waals surface area contributed by atoms with Gasteiger partial charge in [0.2, 0.25) is 5.75 Å². The summed E-state index contributed by atoms with van der Waals surface area (Å²) < 4.78 is 13.1. The molecule has 0 unspecified atom stereocenters. The quantitative estimate of drug-likeness (QED) is 0.299. The molecule has 0 aliphatic rings. The summed E-state index contributed by atoms with van der Waals surface area (Å²) in [5, 5.41) is 26.3. The molecule has 0 aliphatic carbocycles. The number of hydrazone groups is 1. The van der Waals surface area contributed by atoms with Gasteiger partial charge in [0.25, 0.3) is 0 Å². The standard InChI is InChI=1S/C15H10BrFN4O5/c16-9-5-8(13(22)12(6-9)21(25)26)7-18-20-15(24)14(23)19-11-3-1-10(17)2-4-11/h1-7,22H,(H,19,23)(H,20,24). The first-order valence-corrected chi connectivity index (χ1v) is 7.64. The van der Waals surface area contributed by atoms with E-state index in [0.717, 1.165) is 24.4 Å². The Labute approximate surface area is 153 Å². The molecule has 2 aromatic rings. The predicted molar refractivity (Wildman–Crippen MR) is 93.2 cm³/mol. The fourth-order valence-corrected chi connectivity index (χ4v) is 2.24. The second kappa shape index (κ2) is 8.16. The minimum atomic E-state index is -1.13. The smallest absolute Gasteiger partial charge is 0.329 e. The number of phenolic OH excluding ortho intramolecular Hbond substituents is 1. The number of nitro benzene ring substituents is 1. The number of nitrogens with one attached hydrogen (secondary N) is 2. The van der Waals surface area contributed by atoms with E-state index in [1.54, 1.807) is 0 Å². The van der Waals surface area contributed by atoms with E-state index in [2.05, 4.69) is 26.3 Å². The number of carbonyl (C=O) groups excluding carboxylic acids is 2. The molecule has 9 nitrogen and oxygen atoms in total. The van der Waals surface area contributed by atoms with Crippen LogP contribution in [-0.4, -0.2) is 28.1 Å². The third-order valence-electron chi connectivity index (χ3n) is 2.96. The number of nitro groups is 1. The van der Waals surface area contributed by atoms with Crippen molar-refractivity contribution >= 4 is 45.3 Å². The minimum Gasteiger partial charge on any atom is -0.502 e. The summed E-state index contributed by atoms with van der Waals surface area (Å²) in [7, 11) is 0. The van der Waals surface area contributed by atoms with Crippen molar-refractivity contribution in [2.45, 2.75) is 0 Å². The van der Waals surface area contributed by atoms with E-state index in [9.17, 15) is 29.2 Å². The molecule has 0 radical (unpaired) electrons.